The van der Waals surface area contributed by atoms with Crippen LogP contribution in [0.25, 0.3) is 0 Å². The summed E-state index contributed by atoms with van der Waals surface area (Å²) in [6, 6.07) is 0.624. The highest BCUT2D eigenvalue weighted by atomic mass is 28.4. The molecule has 3 atom stereocenters. The zero-order chi connectivity index (χ0) is 24.0. The van der Waals surface area contributed by atoms with E-state index in [2.05, 4.69) is 6.92 Å². The van der Waals surface area contributed by atoms with Crippen molar-refractivity contribution in [2.24, 2.45) is 5.92 Å². The molecule has 9 nitrogen and oxygen atoms in total. The summed E-state index contributed by atoms with van der Waals surface area (Å²) in [5.41, 5.74) is 0. The molecule has 0 N–H and O–H groups in total. The van der Waals surface area contributed by atoms with Crippen LogP contribution in [0.3, 0.4) is 0 Å². The van der Waals surface area contributed by atoms with E-state index in [9.17, 15) is 0 Å². The van der Waals surface area contributed by atoms with Crippen LogP contribution < -0.4 is 0 Å². The van der Waals surface area contributed by atoms with Gasteiger partial charge in [0, 0.05) is 51.6 Å². The smallest absolute Gasteiger partial charge is 0.379 e. The fraction of sp³-hybridized carbons (Fsp3) is 1.00. The molecule has 10 heteroatoms. The second kappa shape index (κ2) is 15.8. The monoisotopic (exact) mass is 494 g/mol. The van der Waals surface area contributed by atoms with Gasteiger partial charge in [0.05, 0.1) is 26.4 Å². The molecule has 2 aliphatic rings. The van der Waals surface area contributed by atoms with Crippen molar-refractivity contribution >= 4 is 8.80 Å². The Morgan fingerprint density at radius 3 is 1.79 bits per heavy atom. The zero-order valence-electron chi connectivity index (χ0n) is 21.3. The van der Waals surface area contributed by atoms with Gasteiger partial charge in [-0.3, -0.25) is 0 Å². The third-order valence-corrected chi connectivity index (χ3v) is 8.45. The van der Waals surface area contributed by atoms with E-state index in [1.807, 2.05) is 27.7 Å². The largest absolute Gasteiger partial charge is 0.504 e. The highest BCUT2D eigenvalue weighted by molar-refractivity contribution is 6.60. The summed E-state index contributed by atoms with van der Waals surface area (Å²) < 4.78 is 53.3. The average molecular weight is 495 g/mol. The highest BCUT2D eigenvalue weighted by Crippen LogP contribution is 2.35. The van der Waals surface area contributed by atoms with Crippen molar-refractivity contribution < 1.29 is 41.7 Å². The van der Waals surface area contributed by atoms with Crippen molar-refractivity contribution in [3.05, 3.63) is 0 Å². The van der Waals surface area contributed by atoms with Gasteiger partial charge in [-0.1, -0.05) is 6.92 Å². The van der Waals surface area contributed by atoms with Crippen LogP contribution in [0.2, 0.25) is 6.04 Å². The van der Waals surface area contributed by atoms with Crippen molar-refractivity contribution in [1.29, 1.82) is 0 Å². The molecule has 0 saturated carbocycles. The van der Waals surface area contributed by atoms with Crippen LogP contribution in [0.1, 0.15) is 53.9 Å². The third-order valence-electron chi connectivity index (χ3n) is 5.43. The minimum absolute atomic E-state index is 0.0470. The quantitative estimate of drug-likeness (QED) is 0.0917. The molecule has 0 aromatic rings. The molecule has 2 rings (SSSR count). The maximum atomic E-state index is 6.70. The lowest BCUT2D eigenvalue weighted by Crippen LogP contribution is -2.58. The fourth-order valence-corrected chi connectivity index (χ4v) is 6.46. The summed E-state index contributed by atoms with van der Waals surface area (Å²) in [5.74, 6) is -1.28. The van der Waals surface area contributed by atoms with Gasteiger partial charge in [0.2, 0.25) is 0 Å². The molecule has 0 spiro atoms. The van der Waals surface area contributed by atoms with Crippen molar-refractivity contribution in [3.8, 4) is 0 Å². The molecule has 0 radical (unpaired) electrons. The molecule has 2 fully saturated rings. The van der Waals surface area contributed by atoms with Gasteiger partial charge >= 0.3 is 8.80 Å². The zero-order valence-corrected chi connectivity index (χ0v) is 22.3. The van der Waals surface area contributed by atoms with E-state index >= 15 is 0 Å². The number of epoxide rings is 2. The molecule has 33 heavy (non-hydrogen) atoms. The second-order valence-electron chi connectivity index (χ2n) is 8.33. The molecule has 0 amide bonds. The van der Waals surface area contributed by atoms with Gasteiger partial charge in [0.25, 0.3) is 5.97 Å². The molecule has 0 bridgehead atoms. The van der Waals surface area contributed by atoms with Gasteiger partial charge in [0.15, 0.2) is 0 Å². The molecular weight excluding hydrogens is 448 g/mol. The normalized spacial score (nSPS) is 21.4. The summed E-state index contributed by atoms with van der Waals surface area (Å²) in [6.45, 7) is 15.9. The number of ether oxygens (including phenoxy) is 6. The summed E-state index contributed by atoms with van der Waals surface area (Å²) in [7, 11) is -3.10. The minimum Gasteiger partial charge on any atom is -0.379 e. The Morgan fingerprint density at radius 2 is 1.33 bits per heavy atom. The Kier molecular flexibility index (Phi) is 13.9. The van der Waals surface area contributed by atoms with Gasteiger partial charge in [0.1, 0.15) is 12.2 Å². The van der Waals surface area contributed by atoms with Crippen LogP contribution in [-0.2, 0) is 41.7 Å². The van der Waals surface area contributed by atoms with E-state index in [1.54, 1.807) is 0 Å². The number of hydrogen-bond acceptors (Lipinski definition) is 9. The van der Waals surface area contributed by atoms with Crippen LogP contribution >= 0.6 is 0 Å². The summed E-state index contributed by atoms with van der Waals surface area (Å²) in [5, 5.41) is 0. The molecule has 0 aliphatic carbocycles. The second-order valence-corrected chi connectivity index (χ2v) is 11.0. The van der Waals surface area contributed by atoms with Crippen molar-refractivity contribution in [2.75, 3.05) is 66.1 Å². The Hall–Kier alpha value is -0.143. The van der Waals surface area contributed by atoms with E-state index in [0.29, 0.717) is 58.9 Å². The summed E-state index contributed by atoms with van der Waals surface area (Å²) in [6.07, 6.45) is 2.99. The SMILES string of the molecule is CCOC(OCC)(O[Si](CCCOCC1CO1)(OCC)OCC)C(C)CCCOCC1CO1. The van der Waals surface area contributed by atoms with Gasteiger partial charge < -0.3 is 41.7 Å². The highest BCUT2D eigenvalue weighted by Gasteiger charge is 2.52. The van der Waals surface area contributed by atoms with Gasteiger partial charge in [-0.2, -0.15) is 0 Å². The average Bonchev–Trinajstić information content (AvgIpc) is 3.69. The van der Waals surface area contributed by atoms with E-state index in [-0.39, 0.29) is 18.1 Å². The Bertz CT molecular complexity index is 490. The van der Waals surface area contributed by atoms with Crippen LogP contribution in [0.5, 0.6) is 0 Å². The van der Waals surface area contributed by atoms with Crippen molar-refractivity contribution in [2.45, 2.75) is 78.1 Å². The first kappa shape index (κ1) is 29.1. The first-order valence-electron chi connectivity index (χ1n) is 12.7. The first-order chi connectivity index (χ1) is 16.0. The van der Waals surface area contributed by atoms with Crippen molar-refractivity contribution in [1.82, 2.24) is 0 Å². The predicted octanol–water partition coefficient (Wildman–Crippen LogP) is 3.38. The van der Waals surface area contributed by atoms with Crippen LogP contribution in [0.4, 0.5) is 0 Å². The maximum absolute atomic E-state index is 6.70. The van der Waals surface area contributed by atoms with Gasteiger partial charge in [-0.15, -0.1) is 0 Å². The Balaban J connectivity index is 2.00. The summed E-state index contributed by atoms with van der Waals surface area (Å²) in [4.78, 5) is 0. The standard InChI is InChI=1S/C23H46O9Si/c1-6-28-23(29-7-2,20(5)12-10-13-24-16-21-18-26-21)32-33(30-8-3,31-9-4)15-11-14-25-17-22-19-27-22/h20-22H,6-19H2,1-5H3. The van der Waals surface area contributed by atoms with Crippen LogP contribution in [0.15, 0.2) is 0 Å². The maximum Gasteiger partial charge on any atom is 0.504 e. The Labute approximate surface area is 201 Å². The summed E-state index contributed by atoms with van der Waals surface area (Å²) >= 11 is 0. The fourth-order valence-electron chi connectivity index (χ4n) is 3.66. The lowest BCUT2D eigenvalue weighted by molar-refractivity contribution is -0.380. The lowest BCUT2D eigenvalue weighted by atomic mass is 10.0. The Morgan fingerprint density at radius 1 is 0.818 bits per heavy atom. The number of hydrogen-bond donors (Lipinski definition) is 0. The van der Waals surface area contributed by atoms with E-state index in [0.717, 1.165) is 32.5 Å². The molecular formula is C23H46O9Si. The number of rotatable bonds is 23. The third kappa shape index (κ3) is 11.0. The lowest BCUT2D eigenvalue weighted by Gasteiger charge is -2.43. The molecule has 0 aromatic heterocycles. The molecule has 2 aliphatic heterocycles. The molecule has 2 heterocycles. The van der Waals surface area contributed by atoms with E-state index < -0.39 is 14.8 Å². The van der Waals surface area contributed by atoms with Crippen LogP contribution in [-0.4, -0.2) is 93.1 Å². The molecule has 0 aromatic carbocycles. The molecule has 196 valence electrons. The van der Waals surface area contributed by atoms with Crippen molar-refractivity contribution in [3.63, 3.8) is 0 Å². The van der Waals surface area contributed by atoms with E-state index in [4.69, 9.17) is 41.7 Å². The minimum atomic E-state index is -3.10. The predicted molar refractivity (Wildman–Crippen MR) is 125 cm³/mol. The van der Waals surface area contributed by atoms with Crippen LogP contribution in [0, 0.1) is 5.92 Å². The first-order valence-corrected chi connectivity index (χ1v) is 14.6. The van der Waals surface area contributed by atoms with E-state index in [1.165, 1.54) is 0 Å². The van der Waals surface area contributed by atoms with Gasteiger partial charge in [-0.05, 0) is 47.0 Å². The molecule has 2 saturated heterocycles. The van der Waals surface area contributed by atoms with Gasteiger partial charge in [-0.25, -0.2) is 0 Å². The molecule has 3 unspecified atom stereocenters. The topological polar surface area (TPSA) is 89.7 Å².